The molecule has 0 unspecified atom stereocenters. The number of likely N-dealkylation sites (N-methyl/N-ethyl adjacent to an activating group) is 1. The van der Waals surface area contributed by atoms with E-state index in [4.69, 9.17) is 0 Å². The van der Waals surface area contributed by atoms with Gasteiger partial charge in [-0.25, -0.2) is 0 Å². The molecule has 1 aromatic rings. The smallest absolute Gasteiger partial charge is 0.250 e. The van der Waals surface area contributed by atoms with E-state index in [2.05, 4.69) is 48.0 Å². The second kappa shape index (κ2) is 5.09. The van der Waals surface area contributed by atoms with Crippen LogP contribution in [0.5, 0.6) is 0 Å². The maximum absolute atomic E-state index is 12.9. The zero-order chi connectivity index (χ0) is 14.2. The van der Waals surface area contributed by atoms with E-state index in [9.17, 15) is 4.79 Å². The summed E-state index contributed by atoms with van der Waals surface area (Å²) in [5.74, 6) is 0.317. The number of likely N-dealkylation sites (tertiary alicyclic amines) is 1. The van der Waals surface area contributed by atoms with Crippen molar-refractivity contribution >= 4 is 11.6 Å². The van der Waals surface area contributed by atoms with Crippen LogP contribution in [0.4, 0.5) is 5.69 Å². The monoisotopic (exact) mass is 273 g/mol. The summed E-state index contributed by atoms with van der Waals surface area (Å²) in [6, 6.07) is 10.4. The van der Waals surface area contributed by atoms with Gasteiger partial charge in [0.25, 0.3) is 0 Å². The number of piperidine rings is 1. The lowest BCUT2D eigenvalue weighted by atomic mass is 9.85. The Morgan fingerprint density at radius 3 is 2.40 bits per heavy atom. The Hall–Kier alpha value is -1.55. The van der Waals surface area contributed by atoms with Crippen LogP contribution in [0.15, 0.2) is 30.3 Å². The average Bonchev–Trinajstić information content (AvgIpc) is 2.76. The fourth-order valence-electron chi connectivity index (χ4n) is 3.43. The minimum absolute atomic E-state index is 0.316. The highest BCUT2D eigenvalue weighted by Crippen LogP contribution is 2.38. The summed E-state index contributed by atoms with van der Waals surface area (Å²) in [5.41, 5.74) is 0.852. The number of carbonyl (C=O) groups excluding carboxylic acids is 1. The first-order chi connectivity index (χ1) is 9.67. The zero-order valence-electron chi connectivity index (χ0n) is 12.4. The van der Waals surface area contributed by atoms with Gasteiger partial charge >= 0.3 is 0 Å². The molecule has 2 aliphatic heterocycles. The zero-order valence-corrected chi connectivity index (χ0v) is 12.4. The quantitative estimate of drug-likeness (QED) is 0.822. The number of rotatable bonds is 2. The topological polar surface area (TPSA) is 26.8 Å². The Morgan fingerprint density at radius 1 is 1.15 bits per heavy atom. The van der Waals surface area contributed by atoms with Crippen molar-refractivity contribution in [3.8, 4) is 0 Å². The molecule has 1 amide bonds. The summed E-state index contributed by atoms with van der Waals surface area (Å²) in [6.45, 7) is 5.57. The molecule has 0 aliphatic carbocycles. The van der Waals surface area contributed by atoms with Crippen molar-refractivity contribution in [3.05, 3.63) is 30.3 Å². The molecule has 2 aliphatic rings. The van der Waals surface area contributed by atoms with Gasteiger partial charge in [-0.2, -0.15) is 0 Å². The molecular formula is C16H23N3O. The molecule has 0 radical (unpaired) electrons. The summed E-state index contributed by atoms with van der Waals surface area (Å²) in [4.78, 5) is 19.5. The predicted octanol–water partition coefficient (Wildman–Crippen LogP) is 1.78. The van der Waals surface area contributed by atoms with Crippen molar-refractivity contribution < 1.29 is 4.79 Å². The molecule has 0 bridgehead atoms. The van der Waals surface area contributed by atoms with Crippen LogP contribution in [-0.4, -0.2) is 54.6 Å². The molecule has 2 fully saturated rings. The maximum Gasteiger partial charge on any atom is 0.250 e. The van der Waals surface area contributed by atoms with E-state index in [1.54, 1.807) is 0 Å². The van der Waals surface area contributed by atoms with Gasteiger partial charge in [-0.15, -0.1) is 0 Å². The summed E-state index contributed by atoms with van der Waals surface area (Å²) >= 11 is 0. The van der Waals surface area contributed by atoms with E-state index in [1.807, 2.05) is 11.0 Å². The molecule has 2 heterocycles. The molecule has 2 saturated heterocycles. The fraction of sp³-hybridized carbons (Fsp3) is 0.562. The van der Waals surface area contributed by atoms with Gasteiger partial charge in [0, 0.05) is 25.3 Å². The van der Waals surface area contributed by atoms with Crippen molar-refractivity contribution in [1.29, 1.82) is 0 Å². The van der Waals surface area contributed by atoms with Gasteiger partial charge in [0.2, 0.25) is 5.91 Å². The van der Waals surface area contributed by atoms with E-state index in [0.29, 0.717) is 5.91 Å². The molecule has 1 aromatic carbocycles. The normalized spacial score (nSPS) is 22.8. The number of nitrogens with zero attached hydrogens (tertiary/aromatic N) is 3. The molecule has 4 nitrogen and oxygen atoms in total. The van der Waals surface area contributed by atoms with Gasteiger partial charge in [-0.05, 0) is 38.9 Å². The standard InChI is InChI=1S/C16H23N3O/c1-3-18-13-19(14-7-5-4-6-8-14)16(15(18)20)9-11-17(2)12-10-16/h4-8H,3,9-13H2,1-2H3. The molecule has 0 atom stereocenters. The number of carbonyl (C=O) groups is 1. The lowest BCUT2D eigenvalue weighted by Crippen LogP contribution is -2.55. The molecule has 20 heavy (non-hydrogen) atoms. The Kier molecular flexibility index (Phi) is 3.42. The molecular weight excluding hydrogens is 250 g/mol. The van der Waals surface area contributed by atoms with Gasteiger partial charge in [-0.3, -0.25) is 4.79 Å². The number of hydrogen-bond acceptors (Lipinski definition) is 3. The highest BCUT2D eigenvalue weighted by Gasteiger charge is 2.52. The van der Waals surface area contributed by atoms with Gasteiger partial charge in [-0.1, -0.05) is 18.2 Å². The molecule has 4 heteroatoms. The lowest BCUT2D eigenvalue weighted by molar-refractivity contribution is -0.133. The second-order valence-electron chi connectivity index (χ2n) is 5.90. The van der Waals surface area contributed by atoms with Crippen LogP contribution in [-0.2, 0) is 4.79 Å². The number of amides is 1. The number of hydrogen-bond donors (Lipinski definition) is 0. The van der Waals surface area contributed by atoms with Crippen LogP contribution in [0.1, 0.15) is 19.8 Å². The molecule has 0 N–H and O–H groups in total. The van der Waals surface area contributed by atoms with Gasteiger partial charge in [0.1, 0.15) is 5.54 Å². The Morgan fingerprint density at radius 2 is 1.80 bits per heavy atom. The Bertz CT molecular complexity index is 480. The lowest BCUT2D eigenvalue weighted by Gasteiger charge is -2.42. The van der Waals surface area contributed by atoms with Gasteiger partial charge < -0.3 is 14.7 Å². The van der Waals surface area contributed by atoms with E-state index in [-0.39, 0.29) is 5.54 Å². The van der Waals surface area contributed by atoms with Crippen molar-refractivity contribution in [2.24, 2.45) is 0 Å². The third kappa shape index (κ3) is 1.99. The van der Waals surface area contributed by atoms with Crippen LogP contribution in [0, 0.1) is 0 Å². The first-order valence-electron chi connectivity index (χ1n) is 7.48. The second-order valence-corrected chi connectivity index (χ2v) is 5.90. The van der Waals surface area contributed by atoms with E-state index >= 15 is 0 Å². The highest BCUT2D eigenvalue weighted by molar-refractivity contribution is 5.93. The first kappa shape index (κ1) is 13.4. The minimum Gasteiger partial charge on any atom is -0.339 e. The molecule has 0 aromatic heterocycles. The molecule has 1 spiro atoms. The summed E-state index contributed by atoms with van der Waals surface area (Å²) < 4.78 is 0. The van der Waals surface area contributed by atoms with Crippen LogP contribution in [0.3, 0.4) is 0 Å². The van der Waals surface area contributed by atoms with Crippen molar-refractivity contribution in [2.45, 2.75) is 25.3 Å². The third-order valence-electron chi connectivity index (χ3n) is 4.78. The minimum atomic E-state index is -0.316. The summed E-state index contributed by atoms with van der Waals surface area (Å²) in [5, 5.41) is 0. The fourth-order valence-corrected chi connectivity index (χ4v) is 3.43. The van der Waals surface area contributed by atoms with Gasteiger partial charge in [0.05, 0.1) is 6.67 Å². The molecule has 3 rings (SSSR count). The maximum atomic E-state index is 12.9. The van der Waals surface area contributed by atoms with Crippen LogP contribution < -0.4 is 4.90 Å². The molecule has 0 saturated carbocycles. The first-order valence-corrected chi connectivity index (χ1v) is 7.48. The molecule has 108 valence electrons. The van der Waals surface area contributed by atoms with Crippen molar-refractivity contribution in [3.63, 3.8) is 0 Å². The van der Waals surface area contributed by atoms with Crippen LogP contribution >= 0.6 is 0 Å². The number of para-hydroxylation sites is 1. The number of benzene rings is 1. The largest absolute Gasteiger partial charge is 0.339 e. The van der Waals surface area contributed by atoms with E-state index < -0.39 is 0 Å². The predicted molar refractivity (Wildman–Crippen MR) is 80.6 cm³/mol. The SMILES string of the molecule is CCN1CN(c2ccccc2)C2(CCN(C)CC2)C1=O. The van der Waals surface area contributed by atoms with Gasteiger partial charge in [0.15, 0.2) is 0 Å². The summed E-state index contributed by atoms with van der Waals surface area (Å²) in [6.07, 6.45) is 1.85. The average molecular weight is 273 g/mol. The third-order valence-corrected chi connectivity index (χ3v) is 4.78. The van der Waals surface area contributed by atoms with Crippen molar-refractivity contribution in [2.75, 3.05) is 38.3 Å². The van der Waals surface area contributed by atoms with Crippen LogP contribution in [0.25, 0.3) is 0 Å². The van der Waals surface area contributed by atoms with E-state index in [0.717, 1.165) is 39.1 Å². The van der Waals surface area contributed by atoms with E-state index in [1.165, 1.54) is 5.69 Å². The highest BCUT2D eigenvalue weighted by atomic mass is 16.2. The Balaban J connectivity index is 1.96. The van der Waals surface area contributed by atoms with Crippen LogP contribution in [0.2, 0.25) is 0 Å². The summed E-state index contributed by atoms with van der Waals surface area (Å²) in [7, 11) is 2.14. The number of anilines is 1. The van der Waals surface area contributed by atoms with Crippen molar-refractivity contribution in [1.82, 2.24) is 9.80 Å². The Labute approximate surface area is 121 Å².